The molecule has 13 heteroatoms. The van der Waals surface area contributed by atoms with Crippen molar-refractivity contribution in [1.82, 2.24) is 24.7 Å². The van der Waals surface area contributed by atoms with Crippen molar-refractivity contribution >= 4 is 34.4 Å². The van der Waals surface area contributed by atoms with Crippen LogP contribution in [0.3, 0.4) is 0 Å². The smallest absolute Gasteiger partial charge is 0.412 e. The zero-order chi connectivity index (χ0) is 24.0. The molecule has 174 valence electrons. The molecule has 0 spiro atoms. The third-order valence-electron chi connectivity index (χ3n) is 5.42. The van der Waals surface area contributed by atoms with Crippen molar-refractivity contribution in [2.75, 3.05) is 29.6 Å². The number of halogens is 2. The fraction of sp³-hybridized carbons (Fsp3) is 0.190. The number of aromatic nitrogens is 5. The third-order valence-corrected chi connectivity index (χ3v) is 5.42. The molecule has 0 bridgehead atoms. The standard InChI is InChI=1S/C21H18F2N8O3/c22-11-6-15-16(26-7-11)14(5-10-3-1-2-4-13(10)23)29-31(15)20-27-18(24)17(19(25)28-20)30(21(32)33)12-8-34-9-12/h1-4,6-7,12H,5,8-9H2,(H,32,33)(H4,24,25,27,28). The van der Waals surface area contributed by atoms with Crippen LogP contribution in [0.15, 0.2) is 36.5 Å². The predicted molar refractivity (Wildman–Crippen MR) is 118 cm³/mol. The first kappa shape index (κ1) is 21.5. The zero-order valence-corrected chi connectivity index (χ0v) is 17.5. The Morgan fingerprint density at radius 1 is 1.21 bits per heavy atom. The number of benzene rings is 1. The molecule has 0 saturated carbocycles. The maximum absolute atomic E-state index is 14.2. The van der Waals surface area contributed by atoms with Gasteiger partial charge in [-0.2, -0.15) is 19.7 Å². The van der Waals surface area contributed by atoms with E-state index in [-0.39, 0.29) is 48.4 Å². The van der Waals surface area contributed by atoms with E-state index in [4.69, 9.17) is 16.2 Å². The minimum Gasteiger partial charge on any atom is -0.465 e. The summed E-state index contributed by atoms with van der Waals surface area (Å²) in [5, 5.41) is 14.1. The van der Waals surface area contributed by atoms with Crippen molar-refractivity contribution in [3.8, 4) is 5.95 Å². The molecule has 5 rings (SSSR count). The molecule has 34 heavy (non-hydrogen) atoms. The van der Waals surface area contributed by atoms with Gasteiger partial charge in [0.1, 0.15) is 22.8 Å². The highest BCUT2D eigenvalue weighted by Gasteiger charge is 2.35. The van der Waals surface area contributed by atoms with Gasteiger partial charge in [0.2, 0.25) is 0 Å². The number of hydrogen-bond acceptors (Lipinski definition) is 8. The summed E-state index contributed by atoms with van der Waals surface area (Å²) in [6.45, 7) is 0.363. The Hall–Kier alpha value is -4.39. The molecule has 1 aromatic carbocycles. The number of fused-ring (bicyclic) bond motifs is 1. The lowest BCUT2D eigenvalue weighted by molar-refractivity contribution is 0.00902. The lowest BCUT2D eigenvalue weighted by Crippen LogP contribution is -2.52. The molecule has 3 aromatic heterocycles. The molecule has 4 heterocycles. The molecule has 1 aliphatic rings. The minimum atomic E-state index is -1.29. The van der Waals surface area contributed by atoms with Gasteiger partial charge in [0, 0.05) is 12.5 Å². The highest BCUT2D eigenvalue weighted by atomic mass is 19.1. The molecule has 1 aliphatic heterocycles. The van der Waals surface area contributed by atoms with E-state index in [0.717, 1.165) is 11.1 Å². The largest absolute Gasteiger partial charge is 0.465 e. The number of ether oxygens (including phenoxy) is 1. The van der Waals surface area contributed by atoms with Crippen LogP contribution in [-0.4, -0.2) is 55.2 Å². The van der Waals surface area contributed by atoms with Crippen LogP contribution in [0.1, 0.15) is 11.3 Å². The molecule has 0 unspecified atom stereocenters. The van der Waals surface area contributed by atoms with Crippen molar-refractivity contribution in [1.29, 1.82) is 0 Å². The molecular formula is C21H18F2N8O3. The topological polar surface area (TPSA) is 158 Å². The van der Waals surface area contributed by atoms with Crippen molar-refractivity contribution in [2.45, 2.75) is 12.5 Å². The van der Waals surface area contributed by atoms with Crippen LogP contribution >= 0.6 is 0 Å². The van der Waals surface area contributed by atoms with E-state index in [1.165, 1.54) is 16.8 Å². The number of nitrogens with two attached hydrogens (primary N) is 2. The third kappa shape index (κ3) is 3.61. The van der Waals surface area contributed by atoms with Crippen LogP contribution < -0.4 is 16.4 Å². The Bertz CT molecular complexity index is 1400. The van der Waals surface area contributed by atoms with Gasteiger partial charge >= 0.3 is 6.09 Å². The molecule has 0 atom stereocenters. The van der Waals surface area contributed by atoms with E-state index in [1.54, 1.807) is 18.2 Å². The van der Waals surface area contributed by atoms with Crippen molar-refractivity contribution in [3.05, 3.63) is 59.4 Å². The van der Waals surface area contributed by atoms with Crippen LogP contribution in [-0.2, 0) is 11.2 Å². The summed E-state index contributed by atoms with van der Waals surface area (Å²) >= 11 is 0. The highest BCUT2D eigenvalue weighted by Crippen LogP contribution is 2.32. The summed E-state index contributed by atoms with van der Waals surface area (Å²) in [5.74, 6) is -1.59. The van der Waals surface area contributed by atoms with Gasteiger partial charge in [-0.1, -0.05) is 18.2 Å². The second kappa shape index (κ2) is 8.19. The first-order valence-corrected chi connectivity index (χ1v) is 10.1. The number of carboxylic acid groups (broad SMARTS) is 1. The Labute approximate surface area is 190 Å². The van der Waals surface area contributed by atoms with Crippen LogP contribution in [0.5, 0.6) is 0 Å². The van der Waals surface area contributed by atoms with Crippen LogP contribution in [0.25, 0.3) is 17.0 Å². The summed E-state index contributed by atoms with van der Waals surface area (Å²) in [6.07, 6.45) is -0.185. The van der Waals surface area contributed by atoms with E-state index in [1.807, 2.05) is 0 Å². The Morgan fingerprint density at radius 2 is 1.91 bits per heavy atom. The second-order valence-corrected chi connectivity index (χ2v) is 7.63. The lowest BCUT2D eigenvalue weighted by atomic mass is 10.1. The van der Waals surface area contributed by atoms with E-state index in [9.17, 15) is 18.7 Å². The fourth-order valence-corrected chi connectivity index (χ4v) is 3.75. The van der Waals surface area contributed by atoms with Gasteiger partial charge in [-0.05, 0) is 11.6 Å². The molecular weight excluding hydrogens is 450 g/mol. The molecule has 1 fully saturated rings. The average Bonchev–Trinajstić information content (AvgIpc) is 3.10. The molecule has 0 aliphatic carbocycles. The van der Waals surface area contributed by atoms with Crippen LogP contribution in [0.2, 0.25) is 0 Å². The normalized spacial score (nSPS) is 13.7. The fourth-order valence-electron chi connectivity index (χ4n) is 3.75. The summed E-state index contributed by atoms with van der Waals surface area (Å²) in [5.41, 5.74) is 13.3. The number of nitrogens with zero attached hydrogens (tertiary/aromatic N) is 6. The monoisotopic (exact) mass is 468 g/mol. The van der Waals surface area contributed by atoms with E-state index in [2.05, 4.69) is 20.1 Å². The number of nitrogen functional groups attached to an aromatic ring is 2. The number of rotatable bonds is 5. The Morgan fingerprint density at radius 3 is 2.53 bits per heavy atom. The lowest BCUT2D eigenvalue weighted by Gasteiger charge is -2.35. The Kier molecular flexibility index (Phi) is 5.17. The average molecular weight is 468 g/mol. The Balaban J connectivity index is 1.62. The summed E-state index contributed by atoms with van der Waals surface area (Å²) in [7, 11) is 0. The minimum absolute atomic E-state index is 0.0723. The molecule has 1 amide bonds. The number of amides is 1. The van der Waals surface area contributed by atoms with E-state index < -0.39 is 23.8 Å². The number of pyridine rings is 1. The number of hydrogen-bond donors (Lipinski definition) is 3. The summed E-state index contributed by atoms with van der Waals surface area (Å²) in [4.78, 5) is 25.3. The van der Waals surface area contributed by atoms with Gasteiger partial charge in [-0.25, -0.2) is 18.6 Å². The molecule has 1 saturated heterocycles. The van der Waals surface area contributed by atoms with Gasteiger partial charge in [0.25, 0.3) is 5.95 Å². The number of carbonyl (C=O) groups is 1. The second-order valence-electron chi connectivity index (χ2n) is 7.63. The SMILES string of the molecule is Nc1nc(-n2nc(Cc3ccccc3F)c3ncc(F)cc32)nc(N)c1N(C(=O)O)C1COC1. The highest BCUT2D eigenvalue weighted by molar-refractivity contribution is 5.94. The van der Waals surface area contributed by atoms with Gasteiger partial charge in [-0.15, -0.1) is 0 Å². The quantitative estimate of drug-likeness (QED) is 0.399. The number of anilines is 3. The van der Waals surface area contributed by atoms with E-state index >= 15 is 0 Å². The van der Waals surface area contributed by atoms with Gasteiger partial charge < -0.3 is 21.3 Å². The zero-order valence-electron chi connectivity index (χ0n) is 17.5. The maximum Gasteiger partial charge on any atom is 0.412 e. The molecule has 0 radical (unpaired) electrons. The van der Waals surface area contributed by atoms with Crippen molar-refractivity contribution < 1.29 is 23.4 Å². The van der Waals surface area contributed by atoms with Gasteiger partial charge in [0.05, 0.1) is 36.7 Å². The van der Waals surface area contributed by atoms with Crippen LogP contribution in [0, 0.1) is 11.6 Å². The van der Waals surface area contributed by atoms with Crippen molar-refractivity contribution in [3.63, 3.8) is 0 Å². The van der Waals surface area contributed by atoms with Crippen LogP contribution in [0.4, 0.5) is 30.9 Å². The first-order valence-electron chi connectivity index (χ1n) is 10.1. The predicted octanol–water partition coefficient (Wildman–Crippen LogP) is 2.13. The van der Waals surface area contributed by atoms with Gasteiger partial charge in [-0.3, -0.25) is 4.90 Å². The molecule has 5 N–H and O–H groups in total. The summed E-state index contributed by atoms with van der Waals surface area (Å²) < 4.78 is 34.5. The van der Waals surface area contributed by atoms with Gasteiger partial charge in [0.15, 0.2) is 11.6 Å². The van der Waals surface area contributed by atoms with E-state index in [0.29, 0.717) is 16.8 Å². The first-order chi connectivity index (χ1) is 16.3. The summed E-state index contributed by atoms with van der Waals surface area (Å²) in [6, 6.07) is 6.89. The molecule has 11 nitrogen and oxygen atoms in total. The maximum atomic E-state index is 14.2. The molecule has 4 aromatic rings. The van der Waals surface area contributed by atoms with Crippen molar-refractivity contribution in [2.24, 2.45) is 0 Å².